The number of nitrogens with zero attached hydrogens (tertiary/aromatic N) is 4. The molecule has 2 aliphatic rings. The SMILES string of the molecule is Cn1nc(C2CCCN(S(=O)(=O)c3ccc4c(c3)CCCC4)C2)n(-c2ccccc2)c1=O. The first kappa shape index (κ1) is 21.2. The Balaban J connectivity index is 1.47. The molecule has 0 N–H and O–H groups in total. The third-order valence-corrected chi connectivity index (χ3v) is 8.53. The number of fused-ring (bicyclic) bond motifs is 1. The van der Waals surface area contributed by atoms with Gasteiger partial charge in [-0.1, -0.05) is 24.3 Å². The van der Waals surface area contributed by atoms with E-state index in [1.165, 1.54) is 16.7 Å². The standard InChI is InChI=1S/C24H28N4O3S/c1-26-24(29)28(21-11-3-2-4-12-21)23(25-26)20-10-7-15-27(17-20)32(30,31)22-14-13-18-8-5-6-9-19(18)16-22/h2-4,11-14,16,20H,5-10,15,17H2,1H3. The van der Waals surface area contributed by atoms with Gasteiger partial charge < -0.3 is 0 Å². The Bertz CT molecular complexity index is 1290. The normalized spacial score (nSPS) is 19.6. The number of hydrogen-bond donors (Lipinski definition) is 0. The Morgan fingerprint density at radius 1 is 0.969 bits per heavy atom. The Hall–Kier alpha value is -2.71. The van der Waals surface area contributed by atoms with Crippen LogP contribution in [0.5, 0.6) is 0 Å². The zero-order valence-electron chi connectivity index (χ0n) is 18.3. The highest BCUT2D eigenvalue weighted by molar-refractivity contribution is 7.89. The molecule has 3 aromatic rings. The topological polar surface area (TPSA) is 77.2 Å². The van der Waals surface area contributed by atoms with Gasteiger partial charge in [0.1, 0.15) is 5.82 Å². The minimum Gasteiger partial charge on any atom is -0.247 e. The predicted molar refractivity (Wildman–Crippen MR) is 123 cm³/mol. The molecule has 0 radical (unpaired) electrons. The van der Waals surface area contributed by atoms with E-state index in [0.29, 0.717) is 23.8 Å². The number of sulfonamides is 1. The van der Waals surface area contributed by atoms with Gasteiger partial charge in [-0.3, -0.25) is 0 Å². The number of aryl methyl sites for hydroxylation is 3. The summed E-state index contributed by atoms with van der Waals surface area (Å²) in [4.78, 5) is 13.2. The summed E-state index contributed by atoms with van der Waals surface area (Å²) in [5.41, 5.74) is 2.96. The number of para-hydroxylation sites is 1. The van der Waals surface area contributed by atoms with Gasteiger partial charge >= 0.3 is 5.69 Å². The highest BCUT2D eigenvalue weighted by Gasteiger charge is 2.34. The van der Waals surface area contributed by atoms with Gasteiger partial charge in [-0.15, -0.1) is 0 Å². The Kier molecular flexibility index (Phi) is 5.51. The first-order chi connectivity index (χ1) is 15.4. The van der Waals surface area contributed by atoms with E-state index in [9.17, 15) is 13.2 Å². The summed E-state index contributed by atoms with van der Waals surface area (Å²) in [7, 11) is -1.97. The zero-order chi connectivity index (χ0) is 22.3. The van der Waals surface area contributed by atoms with Gasteiger partial charge in [-0.25, -0.2) is 22.5 Å². The van der Waals surface area contributed by atoms with Crippen LogP contribution in [0.4, 0.5) is 0 Å². The van der Waals surface area contributed by atoms with Crippen molar-refractivity contribution in [3.05, 3.63) is 76.0 Å². The molecule has 1 aromatic heterocycles. The van der Waals surface area contributed by atoms with Gasteiger partial charge in [-0.2, -0.15) is 9.40 Å². The number of piperidine rings is 1. The molecule has 2 aromatic carbocycles. The van der Waals surface area contributed by atoms with Crippen LogP contribution in [0.3, 0.4) is 0 Å². The minimum absolute atomic E-state index is 0.148. The van der Waals surface area contributed by atoms with Crippen LogP contribution in [0.1, 0.15) is 48.6 Å². The second-order valence-electron chi connectivity index (χ2n) is 8.78. The van der Waals surface area contributed by atoms with Gasteiger partial charge in [0.25, 0.3) is 0 Å². The van der Waals surface area contributed by atoms with Gasteiger partial charge in [-0.05, 0) is 73.9 Å². The van der Waals surface area contributed by atoms with Gasteiger partial charge in [0.05, 0.1) is 10.6 Å². The summed E-state index contributed by atoms with van der Waals surface area (Å²) in [5.74, 6) is 0.472. The van der Waals surface area contributed by atoms with E-state index >= 15 is 0 Å². The molecule has 1 unspecified atom stereocenters. The van der Waals surface area contributed by atoms with Crippen molar-refractivity contribution < 1.29 is 8.42 Å². The van der Waals surface area contributed by atoms with Crippen molar-refractivity contribution in [3.63, 3.8) is 0 Å². The second kappa shape index (κ2) is 8.33. The van der Waals surface area contributed by atoms with E-state index in [-0.39, 0.29) is 11.6 Å². The molecule has 1 atom stereocenters. The molecule has 0 amide bonds. The lowest BCUT2D eigenvalue weighted by Crippen LogP contribution is -2.40. The first-order valence-corrected chi connectivity index (χ1v) is 12.7. The Labute approximate surface area is 188 Å². The maximum Gasteiger partial charge on any atom is 0.350 e. The fourth-order valence-corrected chi connectivity index (χ4v) is 6.53. The number of hydrogen-bond acceptors (Lipinski definition) is 4. The molecular weight excluding hydrogens is 424 g/mol. The molecule has 1 fully saturated rings. The quantitative estimate of drug-likeness (QED) is 0.610. The Morgan fingerprint density at radius 3 is 2.50 bits per heavy atom. The fraction of sp³-hybridized carbons (Fsp3) is 0.417. The van der Waals surface area contributed by atoms with Gasteiger partial charge in [0.15, 0.2) is 0 Å². The number of aromatic nitrogens is 3. The summed E-state index contributed by atoms with van der Waals surface area (Å²) in [6, 6.07) is 15.0. The van der Waals surface area contributed by atoms with E-state index in [0.717, 1.165) is 43.4 Å². The van der Waals surface area contributed by atoms with Crippen LogP contribution in [0.2, 0.25) is 0 Å². The first-order valence-electron chi connectivity index (χ1n) is 11.3. The molecule has 0 saturated carbocycles. The van der Waals surface area contributed by atoms with Crippen LogP contribution in [-0.4, -0.2) is 40.2 Å². The smallest absolute Gasteiger partial charge is 0.247 e. The van der Waals surface area contributed by atoms with Crippen molar-refractivity contribution in [2.75, 3.05) is 13.1 Å². The molecule has 168 valence electrons. The van der Waals surface area contributed by atoms with Crippen LogP contribution < -0.4 is 5.69 Å². The van der Waals surface area contributed by atoms with Crippen molar-refractivity contribution >= 4 is 10.0 Å². The zero-order valence-corrected chi connectivity index (χ0v) is 19.1. The molecule has 1 aliphatic heterocycles. The van der Waals surface area contributed by atoms with E-state index in [1.54, 1.807) is 22.0 Å². The second-order valence-corrected chi connectivity index (χ2v) is 10.7. The maximum atomic E-state index is 13.5. The molecule has 1 aliphatic carbocycles. The van der Waals surface area contributed by atoms with Gasteiger partial charge in [0, 0.05) is 26.1 Å². The molecule has 7 nitrogen and oxygen atoms in total. The van der Waals surface area contributed by atoms with Gasteiger partial charge in [0.2, 0.25) is 10.0 Å². The summed E-state index contributed by atoms with van der Waals surface area (Å²) in [6.45, 7) is 0.807. The molecule has 8 heteroatoms. The van der Waals surface area contributed by atoms with Crippen molar-refractivity contribution in [2.45, 2.75) is 49.3 Å². The lowest BCUT2D eigenvalue weighted by molar-refractivity contribution is 0.307. The van der Waals surface area contributed by atoms with E-state index in [4.69, 9.17) is 0 Å². The molecule has 2 heterocycles. The summed E-state index contributed by atoms with van der Waals surface area (Å²) < 4.78 is 31.5. The van der Waals surface area contributed by atoms with Crippen molar-refractivity contribution in [3.8, 4) is 5.69 Å². The third kappa shape index (κ3) is 3.71. The van der Waals surface area contributed by atoms with Crippen LogP contribution in [-0.2, 0) is 29.9 Å². The van der Waals surface area contributed by atoms with Crippen LogP contribution >= 0.6 is 0 Å². The van der Waals surface area contributed by atoms with E-state index < -0.39 is 10.0 Å². The summed E-state index contributed by atoms with van der Waals surface area (Å²) >= 11 is 0. The number of benzene rings is 2. The lowest BCUT2D eigenvalue weighted by atomic mass is 9.92. The van der Waals surface area contributed by atoms with Crippen molar-refractivity contribution in [2.24, 2.45) is 7.05 Å². The van der Waals surface area contributed by atoms with Crippen LogP contribution in [0, 0.1) is 0 Å². The minimum atomic E-state index is -3.61. The lowest BCUT2D eigenvalue weighted by Gasteiger charge is -2.31. The molecule has 5 rings (SSSR count). The van der Waals surface area contributed by atoms with E-state index in [1.807, 2.05) is 42.5 Å². The highest BCUT2D eigenvalue weighted by Crippen LogP contribution is 2.31. The highest BCUT2D eigenvalue weighted by atomic mass is 32.2. The maximum absolute atomic E-state index is 13.5. The Morgan fingerprint density at radius 2 is 1.72 bits per heavy atom. The molecule has 0 bridgehead atoms. The number of rotatable bonds is 4. The van der Waals surface area contributed by atoms with Crippen molar-refractivity contribution in [1.82, 2.24) is 18.7 Å². The van der Waals surface area contributed by atoms with Crippen LogP contribution in [0.25, 0.3) is 5.69 Å². The average Bonchev–Trinajstić information content (AvgIpc) is 3.13. The average molecular weight is 453 g/mol. The molecular formula is C24H28N4O3S. The molecule has 0 spiro atoms. The summed E-state index contributed by atoms with van der Waals surface area (Å²) in [6.07, 6.45) is 5.77. The fourth-order valence-electron chi connectivity index (χ4n) is 4.96. The van der Waals surface area contributed by atoms with E-state index in [2.05, 4.69) is 5.10 Å². The predicted octanol–water partition coefficient (Wildman–Crippen LogP) is 3.02. The summed E-state index contributed by atoms with van der Waals surface area (Å²) in [5, 5.41) is 4.50. The third-order valence-electron chi connectivity index (χ3n) is 6.67. The van der Waals surface area contributed by atoms with Crippen molar-refractivity contribution in [1.29, 1.82) is 0 Å². The monoisotopic (exact) mass is 452 g/mol. The van der Waals surface area contributed by atoms with Crippen LogP contribution in [0.15, 0.2) is 58.2 Å². The molecule has 32 heavy (non-hydrogen) atoms. The largest absolute Gasteiger partial charge is 0.350 e. The molecule has 1 saturated heterocycles.